The van der Waals surface area contributed by atoms with Gasteiger partial charge in [-0.1, -0.05) is 42.5 Å². The fraction of sp³-hybridized carbons (Fsp3) is 0.0500. The van der Waals surface area contributed by atoms with Crippen molar-refractivity contribution in [2.45, 2.75) is 0 Å². The van der Waals surface area contributed by atoms with Crippen molar-refractivity contribution >= 4 is 5.97 Å². The Bertz CT molecular complexity index is 1100. The minimum absolute atomic E-state index is 0.0418. The molecule has 1 N–H and O–H groups in total. The number of nitrogens with zero attached hydrogens (tertiary/aromatic N) is 3. The summed E-state index contributed by atoms with van der Waals surface area (Å²) in [4.78, 5) is 11.5. The number of carboxylic acid groups (broad SMARTS) is 1. The molecular weight excluding hydrogens is 333 g/mol. The summed E-state index contributed by atoms with van der Waals surface area (Å²) in [5.41, 5.74) is 1.86. The highest BCUT2D eigenvalue weighted by Gasteiger charge is 2.26. The normalized spacial score (nSPS) is 10.2. The molecule has 5 nitrogen and oxygen atoms in total. The Hall–Kier alpha value is -3.90. The predicted molar refractivity (Wildman–Crippen MR) is 92.6 cm³/mol. The molecule has 0 aliphatic carbocycles. The summed E-state index contributed by atoms with van der Waals surface area (Å²) >= 11 is 0. The maximum Gasteiger partial charge on any atom is 0.353 e. The van der Waals surface area contributed by atoms with E-state index in [9.17, 15) is 24.8 Å². The Labute approximate surface area is 148 Å². The standard InChI is InChI=1S/C20H12FN3O2/c1-24-18(20(25)26)17(16(11-23)19(24)21)13-8-6-12(7-9-13)15-5-3-2-4-14(15)10-22/h2-9H,1H3,(H,25,26). The van der Waals surface area contributed by atoms with E-state index in [1.807, 2.05) is 6.07 Å². The van der Waals surface area contributed by atoms with Crippen LogP contribution in [0.2, 0.25) is 0 Å². The van der Waals surface area contributed by atoms with Crippen molar-refractivity contribution in [3.63, 3.8) is 0 Å². The molecule has 0 radical (unpaired) electrons. The molecule has 3 aromatic rings. The van der Waals surface area contributed by atoms with Crippen LogP contribution in [0.25, 0.3) is 22.3 Å². The quantitative estimate of drug-likeness (QED) is 0.778. The Kier molecular flexibility index (Phi) is 4.26. The van der Waals surface area contributed by atoms with Gasteiger partial charge in [0.2, 0.25) is 5.95 Å². The zero-order chi connectivity index (χ0) is 18.8. The van der Waals surface area contributed by atoms with Gasteiger partial charge >= 0.3 is 5.97 Å². The first-order chi connectivity index (χ1) is 12.5. The predicted octanol–water partition coefficient (Wildman–Crippen LogP) is 3.94. The monoisotopic (exact) mass is 345 g/mol. The lowest BCUT2D eigenvalue weighted by Gasteiger charge is -2.07. The second-order valence-corrected chi connectivity index (χ2v) is 5.60. The number of carboxylic acids is 1. The van der Waals surface area contributed by atoms with Crippen molar-refractivity contribution in [2.24, 2.45) is 7.05 Å². The number of hydrogen-bond acceptors (Lipinski definition) is 3. The molecule has 2 aromatic carbocycles. The van der Waals surface area contributed by atoms with Gasteiger partial charge in [0.05, 0.1) is 11.6 Å². The molecule has 0 aliphatic heterocycles. The van der Waals surface area contributed by atoms with Gasteiger partial charge in [-0.25, -0.2) is 4.79 Å². The molecule has 0 saturated carbocycles. The fourth-order valence-electron chi connectivity index (χ4n) is 2.94. The van der Waals surface area contributed by atoms with Crippen LogP contribution in [0.1, 0.15) is 21.6 Å². The zero-order valence-corrected chi connectivity index (χ0v) is 13.7. The van der Waals surface area contributed by atoms with E-state index in [2.05, 4.69) is 6.07 Å². The number of aromatic carboxylic acids is 1. The van der Waals surface area contributed by atoms with E-state index in [4.69, 9.17) is 0 Å². The van der Waals surface area contributed by atoms with Crippen LogP contribution in [0.4, 0.5) is 4.39 Å². The Morgan fingerprint density at radius 1 is 1.04 bits per heavy atom. The first-order valence-corrected chi connectivity index (χ1v) is 7.61. The number of carbonyl (C=O) groups is 1. The number of benzene rings is 2. The first kappa shape index (κ1) is 16.9. The number of rotatable bonds is 3. The van der Waals surface area contributed by atoms with Crippen molar-refractivity contribution < 1.29 is 14.3 Å². The van der Waals surface area contributed by atoms with E-state index >= 15 is 0 Å². The molecular formula is C20H12FN3O2. The summed E-state index contributed by atoms with van der Waals surface area (Å²) < 4.78 is 15.1. The Morgan fingerprint density at radius 2 is 1.65 bits per heavy atom. The molecule has 0 spiro atoms. The van der Waals surface area contributed by atoms with Crippen LogP contribution >= 0.6 is 0 Å². The molecule has 6 heteroatoms. The van der Waals surface area contributed by atoms with Crippen molar-refractivity contribution in [3.05, 3.63) is 71.3 Å². The van der Waals surface area contributed by atoms with Crippen LogP contribution in [-0.4, -0.2) is 15.6 Å². The highest BCUT2D eigenvalue weighted by Crippen LogP contribution is 2.33. The molecule has 0 amide bonds. The molecule has 1 aromatic heterocycles. The lowest BCUT2D eigenvalue weighted by Crippen LogP contribution is -2.07. The first-order valence-electron chi connectivity index (χ1n) is 7.61. The van der Waals surface area contributed by atoms with Gasteiger partial charge in [-0.05, 0) is 22.8 Å². The maximum absolute atomic E-state index is 14.2. The van der Waals surface area contributed by atoms with E-state index in [1.54, 1.807) is 48.5 Å². The molecule has 1 heterocycles. The van der Waals surface area contributed by atoms with Crippen molar-refractivity contribution in [1.29, 1.82) is 10.5 Å². The van der Waals surface area contributed by atoms with Crippen molar-refractivity contribution in [2.75, 3.05) is 0 Å². The fourth-order valence-corrected chi connectivity index (χ4v) is 2.94. The summed E-state index contributed by atoms with van der Waals surface area (Å²) in [6, 6.07) is 17.6. The molecule has 3 rings (SSSR count). The number of nitriles is 2. The molecule has 26 heavy (non-hydrogen) atoms. The summed E-state index contributed by atoms with van der Waals surface area (Å²) in [7, 11) is 1.26. The summed E-state index contributed by atoms with van der Waals surface area (Å²) in [5.74, 6) is -2.21. The van der Waals surface area contributed by atoms with Crippen LogP contribution in [0.3, 0.4) is 0 Å². The van der Waals surface area contributed by atoms with Gasteiger partial charge in [-0.2, -0.15) is 14.9 Å². The third-order valence-corrected chi connectivity index (χ3v) is 4.17. The van der Waals surface area contributed by atoms with E-state index < -0.39 is 11.9 Å². The lowest BCUT2D eigenvalue weighted by molar-refractivity contribution is 0.0686. The Morgan fingerprint density at radius 3 is 2.23 bits per heavy atom. The second-order valence-electron chi connectivity index (χ2n) is 5.60. The highest BCUT2D eigenvalue weighted by atomic mass is 19.1. The molecule has 0 aliphatic rings. The summed E-state index contributed by atoms with van der Waals surface area (Å²) in [6.07, 6.45) is 0. The second kappa shape index (κ2) is 6.54. The van der Waals surface area contributed by atoms with E-state index in [-0.39, 0.29) is 16.8 Å². The van der Waals surface area contributed by atoms with Crippen molar-refractivity contribution in [3.8, 4) is 34.4 Å². The SMILES string of the molecule is Cn1c(F)c(C#N)c(-c2ccc(-c3ccccc3C#N)cc2)c1C(=O)O. The zero-order valence-electron chi connectivity index (χ0n) is 13.7. The van der Waals surface area contributed by atoms with Gasteiger partial charge in [-0.3, -0.25) is 0 Å². The lowest BCUT2D eigenvalue weighted by atomic mass is 9.96. The molecule has 0 saturated heterocycles. The summed E-state index contributed by atoms with van der Waals surface area (Å²) in [6.45, 7) is 0. The maximum atomic E-state index is 14.2. The largest absolute Gasteiger partial charge is 0.477 e. The van der Waals surface area contributed by atoms with Crippen LogP contribution in [-0.2, 0) is 7.05 Å². The number of aromatic nitrogens is 1. The van der Waals surface area contributed by atoms with Gasteiger partial charge in [0.25, 0.3) is 0 Å². The average molecular weight is 345 g/mol. The highest BCUT2D eigenvalue weighted by molar-refractivity contribution is 5.97. The molecule has 0 atom stereocenters. The van der Waals surface area contributed by atoms with Crippen LogP contribution in [0.5, 0.6) is 0 Å². The molecule has 0 bridgehead atoms. The third-order valence-electron chi connectivity index (χ3n) is 4.17. The van der Waals surface area contributed by atoms with Gasteiger partial charge in [0.15, 0.2) is 0 Å². The van der Waals surface area contributed by atoms with Crippen LogP contribution in [0.15, 0.2) is 48.5 Å². The van der Waals surface area contributed by atoms with E-state index in [0.29, 0.717) is 11.1 Å². The van der Waals surface area contributed by atoms with Crippen molar-refractivity contribution in [1.82, 2.24) is 4.57 Å². The molecule has 0 unspecified atom stereocenters. The molecule has 0 fully saturated rings. The topological polar surface area (TPSA) is 89.8 Å². The number of hydrogen-bond donors (Lipinski definition) is 1. The van der Waals surface area contributed by atoms with E-state index in [1.165, 1.54) is 7.05 Å². The van der Waals surface area contributed by atoms with Gasteiger partial charge in [0.1, 0.15) is 17.3 Å². The van der Waals surface area contributed by atoms with E-state index in [0.717, 1.165) is 15.7 Å². The van der Waals surface area contributed by atoms with Crippen LogP contribution in [0, 0.1) is 28.6 Å². The smallest absolute Gasteiger partial charge is 0.353 e. The average Bonchev–Trinajstić information content (AvgIpc) is 2.92. The Balaban J connectivity index is 2.17. The van der Waals surface area contributed by atoms with Gasteiger partial charge in [-0.15, -0.1) is 0 Å². The van der Waals surface area contributed by atoms with Gasteiger partial charge < -0.3 is 9.67 Å². The van der Waals surface area contributed by atoms with Crippen LogP contribution < -0.4 is 0 Å². The minimum Gasteiger partial charge on any atom is -0.477 e. The number of halogens is 1. The summed E-state index contributed by atoms with van der Waals surface area (Å²) in [5, 5.41) is 27.9. The minimum atomic E-state index is -1.32. The van der Waals surface area contributed by atoms with Gasteiger partial charge in [0, 0.05) is 12.6 Å². The molecule has 126 valence electrons. The third kappa shape index (κ3) is 2.60.